The number of nitrogens with one attached hydrogen (secondary N) is 2. The monoisotopic (exact) mass is 382 g/mol. The number of aliphatic carboxylic acids is 1. The maximum atomic E-state index is 12.5. The molecule has 0 fully saturated rings. The van der Waals surface area contributed by atoms with Crippen molar-refractivity contribution in [1.82, 2.24) is 10.0 Å². The Balaban J connectivity index is 2.27. The van der Waals surface area contributed by atoms with E-state index < -0.39 is 33.9 Å². The van der Waals surface area contributed by atoms with E-state index in [0.717, 1.165) is 11.3 Å². The number of carboxylic acids is 1. The van der Waals surface area contributed by atoms with Crippen LogP contribution in [0.5, 0.6) is 0 Å². The van der Waals surface area contributed by atoms with Crippen LogP contribution in [-0.4, -0.2) is 32.4 Å². The zero-order valence-corrected chi connectivity index (χ0v) is 15.2. The summed E-state index contributed by atoms with van der Waals surface area (Å²) in [5.74, 6) is -2.42. The van der Waals surface area contributed by atoms with Crippen LogP contribution in [0.3, 0.4) is 0 Å². The molecular formula is C16H18N2O5S2. The van der Waals surface area contributed by atoms with Gasteiger partial charge in [0.05, 0.1) is 21.7 Å². The standard InChI is InChI=1S/C16H18N2O5S2/c1-10(16(20)21)14(11-6-4-3-5-7-11)18-15(19)13-8-12(9-24-13)25(22,23)17-2/h3-10,14,17H,1-2H3,(H,18,19)(H,20,21). The summed E-state index contributed by atoms with van der Waals surface area (Å²) in [6.07, 6.45) is 0. The fraction of sp³-hybridized carbons (Fsp3) is 0.250. The second kappa shape index (κ2) is 7.77. The molecule has 0 aliphatic heterocycles. The lowest BCUT2D eigenvalue weighted by Crippen LogP contribution is -2.35. The van der Waals surface area contributed by atoms with E-state index in [1.807, 2.05) is 0 Å². The number of sulfonamides is 1. The van der Waals surface area contributed by atoms with Crippen LogP contribution in [0, 0.1) is 5.92 Å². The van der Waals surface area contributed by atoms with Crippen LogP contribution in [0.25, 0.3) is 0 Å². The Labute approximate surface area is 149 Å². The Morgan fingerprint density at radius 3 is 2.40 bits per heavy atom. The fourth-order valence-electron chi connectivity index (χ4n) is 2.21. The van der Waals surface area contributed by atoms with Crippen LogP contribution in [0.1, 0.15) is 28.2 Å². The molecule has 2 rings (SSSR count). The van der Waals surface area contributed by atoms with Gasteiger partial charge in [0.2, 0.25) is 10.0 Å². The first-order chi connectivity index (χ1) is 11.8. The van der Waals surface area contributed by atoms with E-state index in [-0.39, 0.29) is 9.77 Å². The van der Waals surface area contributed by atoms with Crippen molar-refractivity contribution in [3.05, 3.63) is 52.2 Å². The van der Waals surface area contributed by atoms with Gasteiger partial charge in [-0.15, -0.1) is 11.3 Å². The molecule has 1 aromatic heterocycles. The van der Waals surface area contributed by atoms with Crippen molar-refractivity contribution in [1.29, 1.82) is 0 Å². The Morgan fingerprint density at radius 2 is 1.84 bits per heavy atom. The first-order valence-corrected chi connectivity index (χ1v) is 9.73. The lowest BCUT2D eigenvalue weighted by molar-refractivity contribution is -0.142. The van der Waals surface area contributed by atoms with Crippen LogP contribution in [-0.2, 0) is 14.8 Å². The highest BCUT2D eigenvalue weighted by atomic mass is 32.2. The lowest BCUT2D eigenvalue weighted by Gasteiger charge is -2.22. The molecule has 1 heterocycles. The van der Waals surface area contributed by atoms with Crippen LogP contribution in [0.4, 0.5) is 0 Å². The minimum absolute atomic E-state index is 0.00676. The highest BCUT2D eigenvalue weighted by Crippen LogP contribution is 2.25. The van der Waals surface area contributed by atoms with Gasteiger partial charge in [-0.2, -0.15) is 0 Å². The molecule has 0 radical (unpaired) electrons. The molecular weight excluding hydrogens is 364 g/mol. The van der Waals surface area contributed by atoms with E-state index in [1.54, 1.807) is 30.3 Å². The van der Waals surface area contributed by atoms with E-state index >= 15 is 0 Å². The van der Waals surface area contributed by atoms with Gasteiger partial charge in [-0.3, -0.25) is 9.59 Å². The van der Waals surface area contributed by atoms with Gasteiger partial charge < -0.3 is 10.4 Å². The number of carbonyl (C=O) groups excluding carboxylic acids is 1. The number of rotatable bonds is 7. The molecule has 0 bridgehead atoms. The molecule has 25 heavy (non-hydrogen) atoms. The Kier molecular flexibility index (Phi) is 5.93. The van der Waals surface area contributed by atoms with Crippen molar-refractivity contribution in [2.24, 2.45) is 5.92 Å². The lowest BCUT2D eigenvalue weighted by atomic mass is 9.94. The summed E-state index contributed by atoms with van der Waals surface area (Å²) < 4.78 is 25.7. The van der Waals surface area contributed by atoms with E-state index in [2.05, 4.69) is 10.0 Å². The summed E-state index contributed by atoms with van der Waals surface area (Å²) in [5, 5.41) is 13.4. The zero-order chi connectivity index (χ0) is 18.6. The van der Waals surface area contributed by atoms with Gasteiger partial charge >= 0.3 is 5.97 Å². The molecule has 0 aliphatic rings. The fourth-order valence-corrected chi connectivity index (χ4v) is 4.12. The number of carboxylic acid groups (broad SMARTS) is 1. The van der Waals surface area contributed by atoms with Crippen molar-refractivity contribution >= 4 is 33.2 Å². The Bertz CT molecular complexity index is 862. The quantitative estimate of drug-likeness (QED) is 0.676. The number of carbonyl (C=O) groups is 2. The molecule has 2 aromatic rings. The predicted molar refractivity (Wildman–Crippen MR) is 94.0 cm³/mol. The number of thiophene rings is 1. The molecule has 2 atom stereocenters. The van der Waals surface area contributed by atoms with Crippen molar-refractivity contribution in [2.45, 2.75) is 17.9 Å². The van der Waals surface area contributed by atoms with Gasteiger partial charge in [-0.05, 0) is 25.6 Å². The van der Waals surface area contributed by atoms with E-state index in [1.165, 1.54) is 25.4 Å². The third-order valence-electron chi connectivity index (χ3n) is 3.71. The Hall–Kier alpha value is -2.23. The molecule has 9 heteroatoms. The maximum Gasteiger partial charge on any atom is 0.308 e. The third-order valence-corrected chi connectivity index (χ3v) is 6.18. The van der Waals surface area contributed by atoms with Gasteiger partial charge in [0.25, 0.3) is 5.91 Å². The zero-order valence-electron chi connectivity index (χ0n) is 13.6. The van der Waals surface area contributed by atoms with Crippen molar-refractivity contribution in [3.8, 4) is 0 Å². The molecule has 2 unspecified atom stereocenters. The van der Waals surface area contributed by atoms with Gasteiger partial charge in [0.1, 0.15) is 0 Å². The summed E-state index contributed by atoms with van der Waals surface area (Å²) >= 11 is 0.979. The second-order valence-electron chi connectivity index (χ2n) is 5.34. The summed E-state index contributed by atoms with van der Waals surface area (Å²) in [6.45, 7) is 1.51. The van der Waals surface area contributed by atoms with Crippen LogP contribution in [0.2, 0.25) is 0 Å². The number of hydrogen-bond donors (Lipinski definition) is 3. The predicted octanol–water partition coefficient (Wildman–Crippen LogP) is 1.85. The normalized spacial score (nSPS) is 13.8. The first kappa shape index (κ1) is 19.1. The number of benzene rings is 1. The van der Waals surface area contributed by atoms with E-state index in [0.29, 0.717) is 5.56 Å². The number of amides is 1. The molecule has 0 saturated heterocycles. The SMILES string of the molecule is CNS(=O)(=O)c1csc(C(=O)NC(c2ccccc2)C(C)C(=O)O)c1. The van der Waals surface area contributed by atoms with Gasteiger partial charge in [0, 0.05) is 5.38 Å². The summed E-state index contributed by atoms with van der Waals surface area (Å²) in [4.78, 5) is 24.0. The van der Waals surface area contributed by atoms with Crippen molar-refractivity contribution in [2.75, 3.05) is 7.05 Å². The van der Waals surface area contributed by atoms with Crippen LogP contribution >= 0.6 is 11.3 Å². The summed E-state index contributed by atoms with van der Waals surface area (Å²) in [6, 6.07) is 9.29. The smallest absolute Gasteiger partial charge is 0.308 e. The molecule has 134 valence electrons. The average molecular weight is 382 g/mol. The maximum absolute atomic E-state index is 12.5. The minimum atomic E-state index is -3.63. The Morgan fingerprint density at radius 1 is 1.20 bits per heavy atom. The summed E-state index contributed by atoms with van der Waals surface area (Å²) in [7, 11) is -2.35. The van der Waals surface area contributed by atoms with E-state index in [4.69, 9.17) is 0 Å². The molecule has 7 nitrogen and oxygen atoms in total. The topological polar surface area (TPSA) is 113 Å². The van der Waals surface area contributed by atoms with Crippen LogP contribution in [0.15, 0.2) is 46.7 Å². The van der Waals surface area contributed by atoms with Gasteiger partial charge in [-0.25, -0.2) is 13.1 Å². The van der Waals surface area contributed by atoms with Gasteiger partial charge in [-0.1, -0.05) is 30.3 Å². The number of hydrogen-bond acceptors (Lipinski definition) is 5. The minimum Gasteiger partial charge on any atom is -0.481 e. The highest BCUT2D eigenvalue weighted by molar-refractivity contribution is 7.89. The molecule has 3 N–H and O–H groups in total. The molecule has 0 saturated carbocycles. The summed E-state index contributed by atoms with van der Waals surface area (Å²) in [5.41, 5.74) is 0.658. The average Bonchev–Trinajstić information content (AvgIpc) is 3.10. The first-order valence-electron chi connectivity index (χ1n) is 7.37. The third kappa shape index (κ3) is 4.44. The largest absolute Gasteiger partial charge is 0.481 e. The molecule has 1 aromatic carbocycles. The molecule has 0 aliphatic carbocycles. The second-order valence-corrected chi connectivity index (χ2v) is 8.14. The van der Waals surface area contributed by atoms with Crippen molar-refractivity contribution < 1.29 is 23.1 Å². The molecule has 0 spiro atoms. The van der Waals surface area contributed by atoms with Crippen molar-refractivity contribution in [3.63, 3.8) is 0 Å². The van der Waals surface area contributed by atoms with Gasteiger partial charge in [0.15, 0.2) is 0 Å². The van der Waals surface area contributed by atoms with E-state index in [9.17, 15) is 23.1 Å². The molecule has 1 amide bonds. The highest BCUT2D eigenvalue weighted by Gasteiger charge is 2.28. The van der Waals surface area contributed by atoms with Crippen LogP contribution < -0.4 is 10.0 Å².